The smallest absolute Gasteiger partial charge is 0.435 e. The van der Waals surface area contributed by atoms with Gasteiger partial charge in [-0.25, -0.2) is 4.68 Å². The summed E-state index contributed by atoms with van der Waals surface area (Å²) in [6.07, 6.45) is -1.16. The fraction of sp³-hybridized carbons (Fsp3) is 0.448. The van der Waals surface area contributed by atoms with E-state index in [1.54, 1.807) is 29.2 Å². The zero-order chi connectivity index (χ0) is 27.2. The van der Waals surface area contributed by atoms with Gasteiger partial charge in [0.05, 0.1) is 26.0 Å². The molecule has 3 heterocycles. The first-order valence-electron chi connectivity index (χ1n) is 13.4. The van der Waals surface area contributed by atoms with Gasteiger partial charge in [-0.1, -0.05) is 18.6 Å². The maximum absolute atomic E-state index is 13.9. The average molecular weight is 541 g/mol. The van der Waals surface area contributed by atoms with Gasteiger partial charge >= 0.3 is 6.18 Å². The van der Waals surface area contributed by atoms with Gasteiger partial charge in [0.1, 0.15) is 11.4 Å². The predicted octanol–water partition coefficient (Wildman–Crippen LogP) is 4.86. The third-order valence-corrected chi connectivity index (χ3v) is 8.33. The lowest BCUT2D eigenvalue weighted by Gasteiger charge is -2.46. The van der Waals surface area contributed by atoms with Gasteiger partial charge in [0.15, 0.2) is 5.69 Å². The third-order valence-electron chi connectivity index (χ3n) is 8.33. The number of anilines is 1. The van der Waals surface area contributed by atoms with Crippen LogP contribution in [0.3, 0.4) is 0 Å². The number of hydrogen-bond donors (Lipinski definition) is 0. The number of morpholine rings is 1. The zero-order valence-electron chi connectivity index (χ0n) is 21.8. The van der Waals surface area contributed by atoms with E-state index in [0.29, 0.717) is 17.1 Å². The van der Waals surface area contributed by atoms with E-state index in [4.69, 9.17) is 9.47 Å². The molecule has 2 fully saturated rings. The normalized spacial score (nSPS) is 19.5. The molecule has 1 saturated heterocycles. The van der Waals surface area contributed by atoms with Crippen LogP contribution >= 0.6 is 0 Å². The predicted molar refractivity (Wildman–Crippen MR) is 140 cm³/mol. The highest BCUT2D eigenvalue weighted by Crippen LogP contribution is 2.45. The Bertz CT molecular complexity index is 1340. The molecule has 0 atom stereocenters. The molecule has 206 valence electrons. The Morgan fingerprint density at radius 3 is 2.23 bits per heavy atom. The lowest BCUT2D eigenvalue weighted by molar-refractivity contribution is -0.141. The Kier molecular flexibility index (Phi) is 6.63. The van der Waals surface area contributed by atoms with Crippen molar-refractivity contribution in [1.29, 1.82) is 0 Å². The molecule has 1 amide bonds. The Morgan fingerprint density at radius 2 is 1.64 bits per heavy atom. The number of methoxy groups -OCH3 is 1. The fourth-order valence-electron chi connectivity index (χ4n) is 6.07. The summed E-state index contributed by atoms with van der Waals surface area (Å²) in [5.74, 6) is 0.0659. The van der Waals surface area contributed by atoms with Crippen LogP contribution < -0.4 is 9.64 Å². The van der Waals surface area contributed by atoms with Crippen molar-refractivity contribution >= 4 is 11.6 Å². The number of fused-ring (bicyclic) bond motifs is 1. The van der Waals surface area contributed by atoms with Crippen LogP contribution in [0.15, 0.2) is 48.5 Å². The first-order valence-corrected chi connectivity index (χ1v) is 13.4. The minimum absolute atomic E-state index is 0.0504. The SMILES string of the molecule is COc1ccc(-n2nc(C(F)(F)F)c3c2C(=O)N(c2ccc(C4(CN5CCOCC5)CCC4)cc2)CC3)cc1. The molecule has 2 aromatic carbocycles. The molecule has 0 N–H and O–H groups in total. The van der Waals surface area contributed by atoms with E-state index in [1.807, 2.05) is 12.1 Å². The molecule has 0 spiro atoms. The summed E-state index contributed by atoms with van der Waals surface area (Å²) in [5.41, 5.74) is 1.27. The van der Waals surface area contributed by atoms with Crippen LogP contribution in [-0.4, -0.2) is 67.1 Å². The van der Waals surface area contributed by atoms with Crippen molar-refractivity contribution in [2.45, 2.75) is 37.3 Å². The van der Waals surface area contributed by atoms with Crippen LogP contribution in [0.2, 0.25) is 0 Å². The molecule has 1 aliphatic carbocycles. The van der Waals surface area contributed by atoms with Gasteiger partial charge in [-0.3, -0.25) is 9.69 Å². The molecule has 0 bridgehead atoms. The Labute approximate surface area is 225 Å². The molecule has 1 saturated carbocycles. The average Bonchev–Trinajstić information content (AvgIpc) is 3.33. The largest absolute Gasteiger partial charge is 0.497 e. The number of hydrogen-bond acceptors (Lipinski definition) is 5. The monoisotopic (exact) mass is 540 g/mol. The molecule has 1 aromatic heterocycles. The molecule has 2 aliphatic heterocycles. The van der Waals surface area contributed by atoms with Gasteiger partial charge < -0.3 is 14.4 Å². The highest BCUT2D eigenvalue weighted by molar-refractivity contribution is 6.07. The second kappa shape index (κ2) is 9.98. The van der Waals surface area contributed by atoms with Crippen molar-refractivity contribution in [3.63, 3.8) is 0 Å². The van der Waals surface area contributed by atoms with Gasteiger partial charge in [-0.05, 0) is 61.2 Å². The Morgan fingerprint density at radius 1 is 0.974 bits per heavy atom. The van der Waals surface area contributed by atoms with E-state index < -0.39 is 17.8 Å². The Balaban J connectivity index is 1.30. The number of rotatable bonds is 6. The van der Waals surface area contributed by atoms with Crippen molar-refractivity contribution in [2.24, 2.45) is 0 Å². The standard InChI is InChI=1S/C29H31F3N4O3/c1-38-23-9-7-22(8-10-23)36-25-24(26(33-36)29(30,31)32)11-14-35(27(25)37)21-5-3-20(4-6-21)28(12-2-13-28)19-34-15-17-39-18-16-34/h3-10H,2,11-19H2,1H3. The highest BCUT2D eigenvalue weighted by Gasteiger charge is 2.44. The van der Waals surface area contributed by atoms with E-state index in [0.717, 1.165) is 50.4 Å². The molecule has 10 heteroatoms. The molecule has 7 nitrogen and oxygen atoms in total. The number of carbonyl (C=O) groups is 1. The Hall–Kier alpha value is -3.37. The van der Waals surface area contributed by atoms with Gasteiger partial charge in [0.25, 0.3) is 5.91 Å². The molecular formula is C29H31F3N4O3. The maximum Gasteiger partial charge on any atom is 0.435 e. The van der Waals surface area contributed by atoms with E-state index in [9.17, 15) is 18.0 Å². The van der Waals surface area contributed by atoms with Gasteiger partial charge in [-0.2, -0.15) is 18.3 Å². The number of aromatic nitrogens is 2. The van der Waals surface area contributed by atoms with Crippen LogP contribution in [0.25, 0.3) is 5.69 Å². The van der Waals surface area contributed by atoms with Crippen LogP contribution in [0.4, 0.5) is 18.9 Å². The van der Waals surface area contributed by atoms with Crippen LogP contribution in [0.5, 0.6) is 5.75 Å². The van der Waals surface area contributed by atoms with E-state index in [1.165, 1.54) is 19.1 Å². The third kappa shape index (κ3) is 4.69. The lowest BCUT2D eigenvalue weighted by atomic mass is 9.64. The minimum Gasteiger partial charge on any atom is -0.497 e. The summed E-state index contributed by atoms with van der Waals surface area (Å²) < 4.78 is 53.5. The van der Waals surface area contributed by atoms with Gasteiger partial charge in [0.2, 0.25) is 0 Å². The molecule has 0 unspecified atom stereocenters. The molecule has 6 rings (SSSR count). The van der Waals surface area contributed by atoms with Crippen molar-refractivity contribution in [3.05, 3.63) is 71.0 Å². The second-order valence-corrected chi connectivity index (χ2v) is 10.6. The summed E-state index contributed by atoms with van der Waals surface area (Å²) in [6.45, 7) is 4.54. The number of ether oxygens (including phenoxy) is 2. The van der Waals surface area contributed by atoms with Gasteiger partial charge in [0, 0.05) is 42.8 Å². The summed E-state index contributed by atoms with van der Waals surface area (Å²) in [7, 11) is 1.51. The second-order valence-electron chi connectivity index (χ2n) is 10.6. The molecule has 3 aromatic rings. The first-order chi connectivity index (χ1) is 18.8. The zero-order valence-corrected chi connectivity index (χ0v) is 21.8. The number of nitrogens with zero attached hydrogens (tertiary/aromatic N) is 4. The van der Waals surface area contributed by atoms with Crippen LogP contribution in [0.1, 0.15) is 46.6 Å². The quantitative estimate of drug-likeness (QED) is 0.447. The summed E-state index contributed by atoms with van der Waals surface area (Å²) in [5, 5.41) is 3.88. The molecule has 3 aliphatic rings. The fourth-order valence-corrected chi connectivity index (χ4v) is 6.07. The minimum atomic E-state index is -4.66. The first kappa shape index (κ1) is 25.9. The number of alkyl halides is 3. The number of amides is 1. The van der Waals surface area contributed by atoms with E-state index in [2.05, 4.69) is 22.1 Å². The van der Waals surface area contributed by atoms with Gasteiger partial charge in [-0.15, -0.1) is 0 Å². The number of carbonyl (C=O) groups excluding carboxylic acids is 1. The summed E-state index contributed by atoms with van der Waals surface area (Å²) >= 11 is 0. The van der Waals surface area contributed by atoms with Crippen molar-refractivity contribution in [1.82, 2.24) is 14.7 Å². The molecule has 39 heavy (non-hydrogen) atoms. The van der Waals surface area contributed by atoms with Crippen LogP contribution in [0, 0.1) is 0 Å². The summed E-state index contributed by atoms with van der Waals surface area (Å²) in [4.78, 5) is 17.8. The number of halogens is 3. The summed E-state index contributed by atoms with van der Waals surface area (Å²) in [6, 6.07) is 14.5. The topological polar surface area (TPSA) is 59.8 Å². The maximum atomic E-state index is 13.9. The molecular weight excluding hydrogens is 509 g/mol. The lowest BCUT2D eigenvalue weighted by Crippen LogP contribution is -2.49. The number of benzene rings is 2. The van der Waals surface area contributed by atoms with E-state index in [-0.39, 0.29) is 29.6 Å². The van der Waals surface area contributed by atoms with Crippen molar-refractivity contribution in [2.75, 3.05) is 51.4 Å². The van der Waals surface area contributed by atoms with Crippen molar-refractivity contribution < 1.29 is 27.4 Å². The van der Waals surface area contributed by atoms with E-state index >= 15 is 0 Å². The molecule has 0 radical (unpaired) electrons. The van der Waals surface area contributed by atoms with Crippen molar-refractivity contribution in [3.8, 4) is 11.4 Å². The highest BCUT2D eigenvalue weighted by atomic mass is 19.4. The van der Waals surface area contributed by atoms with Crippen LogP contribution in [-0.2, 0) is 22.7 Å².